The van der Waals surface area contributed by atoms with E-state index in [-0.39, 0.29) is 6.42 Å². The van der Waals surface area contributed by atoms with Gasteiger partial charge in [-0.2, -0.15) is 5.26 Å². The van der Waals surface area contributed by atoms with Crippen LogP contribution in [0.1, 0.15) is 18.4 Å². The highest BCUT2D eigenvalue weighted by Crippen LogP contribution is 2.08. The Bertz CT molecular complexity index is 522. The standard InChI is InChI=1S/C14H17N3O4/c1-21-8-2-3-12(13(18)19)17-14(20)16-11-6-4-10(9-15)5-7-11/h4-7,12H,2-3,8H2,1H3,(H,18,19)(H2,16,17,20). The Labute approximate surface area is 122 Å². The van der Waals surface area contributed by atoms with Gasteiger partial charge in [-0.05, 0) is 37.1 Å². The van der Waals surface area contributed by atoms with Crippen molar-refractivity contribution in [3.05, 3.63) is 29.8 Å². The quantitative estimate of drug-likeness (QED) is 0.660. The minimum absolute atomic E-state index is 0.282. The molecule has 0 heterocycles. The molecule has 0 fully saturated rings. The molecule has 0 aliphatic rings. The van der Waals surface area contributed by atoms with Crippen LogP contribution in [0.2, 0.25) is 0 Å². The van der Waals surface area contributed by atoms with E-state index in [2.05, 4.69) is 10.6 Å². The van der Waals surface area contributed by atoms with Crippen LogP contribution >= 0.6 is 0 Å². The lowest BCUT2D eigenvalue weighted by Gasteiger charge is -2.15. The van der Waals surface area contributed by atoms with Gasteiger partial charge < -0.3 is 20.5 Å². The van der Waals surface area contributed by atoms with Gasteiger partial charge in [0.25, 0.3) is 0 Å². The second-order valence-corrected chi connectivity index (χ2v) is 4.31. The van der Waals surface area contributed by atoms with Crippen LogP contribution in [-0.2, 0) is 9.53 Å². The van der Waals surface area contributed by atoms with Gasteiger partial charge in [-0.3, -0.25) is 0 Å². The van der Waals surface area contributed by atoms with Gasteiger partial charge in [-0.1, -0.05) is 0 Å². The van der Waals surface area contributed by atoms with Crippen LogP contribution in [0.3, 0.4) is 0 Å². The molecule has 0 saturated heterocycles. The average molecular weight is 291 g/mol. The number of carbonyl (C=O) groups is 2. The molecule has 0 aliphatic heterocycles. The Balaban J connectivity index is 2.52. The minimum Gasteiger partial charge on any atom is -0.480 e. The molecule has 3 N–H and O–H groups in total. The molecular weight excluding hydrogens is 274 g/mol. The van der Waals surface area contributed by atoms with Crippen LogP contribution in [0, 0.1) is 11.3 Å². The van der Waals surface area contributed by atoms with Gasteiger partial charge in [-0.15, -0.1) is 0 Å². The van der Waals surface area contributed by atoms with Crippen LogP contribution in [0.15, 0.2) is 24.3 Å². The number of carbonyl (C=O) groups excluding carboxylic acids is 1. The Morgan fingerprint density at radius 1 is 1.38 bits per heavy atom. The van der Waals surface area contributed by atoms with Gasteiger partial charge in [0.05, 0.1) is 11.6 Å². The Kier molecular flexibility index (Phi) is 6.71. The summed E-state index contributed by atoms with van der Waals surface area (Å²) in [6, 6.07) is 6.64. The molecule has 1 aromatic rings. The van der Waals surface area contributed by atoms with Crippen molar-refractivity contribution < 1.29 is 19.4 Å². The molecule has 2 amide bonds. The average Bonchev–Trinajstić information content (AvgIpc) is 2.47. The zero-order valence-electron chi connectivity index (χ0n) is 11.6. The number of nitrogens with one attached hydrogen (secondary N) is 2. The molecule has 0 spiro atoms. The summed E-state index contributed by atoms with van der Waals surface area (Å²) in [5, 5.41) is 22.6. The number of urea groups is 1. The van der Waals surface area contributed by atoms with Gasteiger partial charge in [0, 0.05) is 19.4 Å². The number of carboxylic acids is 1. The Morgan fingerprint density at radius 2 is 2.05 bits per heavy atom. The lowest BCUT2D eigenvalue weighted by molar-refractivity contribution is -0.139. The van der Waals surface area contributed by atoms with Gasteiger partial charge in [0.1, 0.15) is 6.04 Å². The smallest absolute Gasteiger partial charge is 0.326 e. The van der Waals surface area contributed by atoms with Crippen molar-refractivity contribution >= 4 is 17.7 Å². The fraction of sp³-hybridized carbons (Fsp3) is 0.357. The van der Waals surface area contributed by atoms with Crippen molar-refractivity contribution in [2.24, 2.45) is 0 Å². The van der Waals surface area contributed by atoms with Crippen molar-refractivity contribution in [3.8, 4) is 6.07 Å². The molecule has 1 unspecified atom stereocenters. The van der Waals surface area contributed by atoms with Gasteiger partial charge >= 0.3 is 12.0 Å². The number of rotatable bonds is 7. The maximum Gasteiger partial charge on any atom is 0.326 e. The van der Waals surface area contributed by atoms with E-state index in [0.717, 1.165) is 0 Å². The lowest BCUT2D eigenvalue weighted by atomic mass is 10.1. The highest BCUT2D eigenvalue weighted by molar-refractivity contribution is 5.92. The number of ether oxygens (including phenoxy) is 1. The number of benzene rings is 1. The minimum atomic E-state index is -1.10. The largest absolute Gasteiger partial charge is 0.480 e. The summed E-state index contributed by atoms with van der Waals surface area (Å²) < 4.78 is 4.85. The molecule has 0 bridgehead atoms. The number of aliphatic carboxylic acids is 1. The fourth-order valence-corrected chi connectivity index (χ4v) is 1.64. The van der Waals surface area contributed by atoms with Crippen LogP contribution < -0.4 is 10.6 Å². The molecule has 1 aromatic carbocycles. The first-order chi connectivity index (χ1) is 10.1. The third-order valence-corrected chi connectivity index (χ3v) is 2.72. The van der Waals surface area contributed by atoms with Crippen molar-refractivity contribution in [1.82, 2.24) is 5.32 Å². The molecule has 7 nitrogen and oxygen atoms in total. The van der Waals surface area contributed by atoms with Crippen molar-refractivity contribution in [3.63, 3.8) is 0 Å². The summed E-state index contributed by atoms with van der Waals surface area (Å²) in [5.41, 5.74) is 0.955. The maximum atomic E-state index is 11.7. The molecule has 0 aliphatic carbocycles. The first kappa shape index (κ1) is 16.5. The number of carboxylic acid groups (broad SMARTS) is 1. The van der Waals surface area contributed by atoms with Crippen molar-refractivity contribution in [2.75, 3.05) is 19.0 Å². The predicted octanol–water partition coefficient (Wildman–Crippen LogP) is 1.56. The number of amides is 2. The second-order valence-electron chi connectivity index (χ2n) is 4.31. The van der Waals surface area contributed by atoms with Crippen molar-refractivity contribution in [2.45, 2.75) is 18.9 Å². The second kappa shape index (κ2) is 8.55. The molecule has 1 rings (SSSR count). The fourth-order valence-electron chi connectivity index (χ4n) is 1.64. The monoisotopic (exact) mass is 291 g/mol. The van der Waals surface area contributed by atoms with E-state index in [1.165, 1.54) is 7.11 Å². The molecule has 21 heavy (non-hydrogen) atoms. The summed E-state index contributed by atoms with van der Waals surface area (Å²) in [4.78, 5) is 22.8. The number of hydrogen-bond donors (Lipinski definition) is 3. The third-order valence-electron chi connectivity index (χ3n) is 2.72. The molecule has 1 atom stereocenters. The lowest BCUT2D eigenvalue weighted by Crippen LogP contribution is -2.43. The highest BCUT2D eigenvalue weighted by atomic mass is 16.5. The van der Waals surface area contributed by atoms with Crippen molar-refractivity contribution in [1.29, 1.82) is 5.26 Å². The van der Waals surface area contributed by atoms with Crippen LogP contribution in [0.4, 0.5) is 10.5 Å². The van der Waals surface area contributed by atoms with E-state index < -0.39 is 18.0 Å². The Morgan fingerprint density at radius 3 is 2.57 bits per heavy atom. The predicted molar refractivity (Wildman–Crippen MR) is 75.8 cm³/mol. The van der Waals surface area contributed by atoms with E-state index in [4.69, 9.17) is 15.1 Å². The van der Waals surface area contributed by atoms with E-state index in [1.807, 2.05) is 6.07 Å². The first-order valence-electron chi connectivity index (χ1n) is 6.36. The van der Waals surface area contributed by atoms with Crippen LogP contribution in [0.25, 0.3) is 0 Å². The summed E-state index contributed by atoms with van der Waals surface area (Å²) >= 11 is 0. The Hall–Kier alpha value is -2.59. The van der Waals surface area contributed by atoms with E-state index in [1.54, 1.807) is 24.3 Å². The van der Waals surface area contributed by atoms with Crippen LogP contribution in [0.5, 0.6) is 0 Å². The molecule has 112 valence electrons. The first-order valence-corrected chi connectivity index (χ1v) is 6.36. The molecule has 0 saturated carbocycles. The maximum absolute atomic E-state index is 11.7. The number of methoxy groups -OCH3 is 1. The van der Waals surface area contributed by atoms with Gasteiger partial charge in [0.15, 0.2) is 0 Å². The van der Waals surface area contributed by atoms with E-state index in [0.29, 0.717) is 24.3 Å². The third kappa shape index (κ3) is 5.93. The molecule has 7 heteroatoms. The summed E-state index contributed by atoms with van der Waals surface area (Å²) in [5.74, 6) is -1.10. The topological polar surface area (TPSA) is 111 Å². The summed E-state index contributed by atoms with van der Waals surface area (Å²) in [6.45, 7) is 0.433. The summed E-state index contributed by atoms with van der Waals surface area (Å²) in [6.07, 6.45) is 0.814. The van der Waals surface area contributed by atoms with E-state index >= 15 is 0 Å². The molecular formula is C14H17N3O4. The normalized spacial score (nSPS) is 11.2. The SMILES string of the molecule is COCCCC(NC(=O)Nc1ccc(C#N)cc1)C(=O)O. The van der Waals surface area contributed by atoms with Crippen LogP contribution in [-0.4, -0.2) is 36.9 Å². The molecule has 0 radical (unpaired) electrons. The van der Waals surface area contributed by atoms with Gasteiger partial charge in [-0.25, -0.2) is 9.59 Å². The van der Waals surface area contributed by atoms with E-state index in [9.17, 15) is 9.59 Å². The highest BCUT2D eigenvalue weighted by Gasteiger charge is 2.19. The van der Waals surface area contributed by atoms with Gasteiger partial charge in [0.2, 0.25) is 0 Å². The zero-order valence-corrected chi connectivity index (χ0v) is 11.6. The molecule has 0 aromatic heterocycles. The number of hydrogen-bond acceptors (Lipinski definition) is 4. The number of nitrogens with zero attached hydrogens (tertiary/aromatic N) is 1. The number of anilines is 1. The number of nitriles is 1. The summed E-state index contributed by atoms with van der Waals surface area (Å²) in [7, 11) is 1.53. The zero-order chi connectivity index (χ0) is 15.7.